The number of rotatable bonds is 3. The predicted octanol–water partition coefficient (Wildman–Crippen LogP) is 3.32. The van der Waals surface area contributed by atoms with Crippen molar-refractivity contribution in [1.82, 2.24) is 0 Å². The van der Waals surface area contributed by atoms with Crippen molar-refractivity contribution in [3.05, 3.63) is 26.8 Å². The van der Waals surface area contributed by atoms with Crippen LogP contribution in [-0.2, 0) is 9.84 Å². The van der Waals surface area contributed by atoms with E-state index in [0.717, 1.165) is 28.5 Å². The lowest BCUT2D eigenvalue weighted by Gasteiger charge is -2.21. The molecule has 6 heteroatoms. The molecule has 0 bridgehead atoms. The molecular weight excluding hydrogens is 385 g/mol. The summed E-state index contributed by atoms with van der Waals surface area (Å²) in [6.45, 7) is 0. The van der Waals surface area contributed by atoms with Crippen LogP contribution in [0, 0.1) is 3.57 Å². The molecule has 1 aromatic rings. The Bertz CT molecular complexity index is 547. The van der Waals surface area contributed by atoms with Crippen LogP contribution in [0.25, 0.3) is 0 Å². The monoisotopic (exact) mass is 399 g/mol. The van der Waals surface area contributed by atoms with Gasteiger partial charge in [-0.2, -0.15) is 0 Å². The molecule has 1 saturated carbocycles. The van der Waals surface area contributed by atoms with Crippen LogP contribution in [0.2, 0.25) is 5.02 Å². The van der Waals surface area contributed by atoms with E-state index in [1.165, 1.54) is 6.26 Å². The molecule has 3 nitrogen and oxygen atoms in total. The van der Waals surface area contributed by atoms with Gasteiger partial charge in [-0.3, -0.25) is 0 Å². The Morgan fingerprint density at radius 2 is 2.11 bits per heavy atom. The fourth-order valence-electron chi connectivity index (χ4n) is 2.41. The molecule has 0 aromatic heterocycles. The molecule has 1 aliphatic carbocycles. The maximum absolute atomic E-state index is 11.7. The Balaban J connectivity index is 2.18. The fourth-order valence-corrected chi connectivity index (χ4v) is 4.72. The lowest BCUT2D eigenvalue weighted by atomic mass is 10.2. The van der Waals surface area contributed by atoms with Crippen molar-refractivity contribution >= 4 is 49.7 Å². The molecule has 0 heterocycles. The number of anilines is 1. The van der Waals surface area contributed by atoms with Gasteiger partial charge in [0, 0.05) is 15.9 Å². The number of hydrogen-bond acceptors (Lipinski definition) is 3. The van der Waals surface area contributed by atoms with E-state index in [2.05, 4.69) is 27.9 Å². The average molecular weight is 400 g/mol. The Morgan fingerprint density at radius 1 is 1.39 bits per heavy atom. The van der Waals surface area contributed by atoms with Gasteiger partial charge in [0.15, 0.2) is 9.84 Å². The van der Waals surface area contributed by atoms with E-state index in [-0.39, 0.29) is 11.3 Å². The zero-order valence-electron chi connectivity index (χ0n) is 9.99. The number of nitrogens with one attached hydrogen (secondary N) is 1. The third-order valence-corrected chi connectivity index (χ3v) is 5.92. The van der Waals surface area contributed by atoms with E-state index < -0.39 is 9.84 Å². The summed E-state index contributed by atoms with van der Waals surface area (Å²) in [6.07, 6.45) is 3.86. The first-order chi connectivity index (χ1) is 8.38. The summed E-state index contributed by atoms with van der Waals surface area (Å²) in [7, 11) is -3.00. The van der Waals surface area contributed by atoms with Crippen LogP contribution >= 0.6 is 34.2 Å². The molecule has 0 radical (unpaired) electrons. The quantitative estimate of drug-likeness (QED) is 0.793. The van der Waals surface area contributed by atoms with Gasteiger partial charge >= 0.3 is 0 Å². The van der Waals surface area contributed by atoms with E-state index >= 15 is 0 Å². The molecule has 0 saturated heterocycles. The van der Waals surface area contributed by atoms with Gasteiger partial charge in [-0.25, -0.2) is 8.42 Å². The summed E-state index contributed by atoms with van der Waals surface area (Å²) < 4.78 is 24.5. The topological polar surface area (TPSA) is 46.2 Å². The molecule has 0 aliphatic heterocycles. The summed E-state index contributed by atoms with van der Waals surface area (Å²) in [5.74, 6) is 0. The molecule has 1 fully saturated rings. The highest BCUT2D eigenvalue weighted by Gasteiger charge is 2.34. The standard InChI is InChI=1S/C12H15ClINO2S/c1-18(16,17)12-4-2-3-11(12)15-10-6-5-8(14)7-9(10)13/h5-7,11-12,15H,2-4H2,1H3. The maximum atomic E-state index is 11.7. The van der Waals surface area contributed by atoms with Gasteiger partial charge in [-0.05, 0) is 60.1 Å². The van der Waals surface area contributed by atoms with Crippen LogP contribution < -0.4 is 5.32 Å². The first-order valence-corrected chi connectivity index (χ1v) is 9.19. The van der Waals surface area contributed by atoms with Gasteiger partial charge in [-0.15, -0.1) is 0 Å². The van der Waals surface area contributed by atoms with Crippen molar-refractivity contribution in [3.8, 4) is 0 Å². The van der Waals surface area contributed by atoms with Crippen molar-refractivity contribution in [2.24, 2.45) is 0 Å². The van der Waals surface area contributed by atoms with Crippen molar-refractivity contribution in [1.29, 1.82) is 0 Å². The Hall–Kier alpha value is -0.0100. The number of hydrogen-bond donors (Lipinski definition) is 1. The highest BCUT2D eigenvalue weighted by molar-refractivity contribution is 14.1. The summed E-state index contributed by atoms with van der Waals surface area (Å²) in [4.78, 5) is 0. The SMILES string of the molecule is CS(=O)(=O)C1CCCC1Nc1ccc(I)cc1Cl. The third-order valence-electron chi connectivity index (χ3n) is 3.27. The molecule has 0 amide bonds. The molecule has 2 atom stereocenters. The van der Waals surface area contributed by atoms with Crippen molar-refractivity contribution < 1.29 is 8.42 Å². The van der Waals surface area contributed by atoms with Gasteiger partial charge in [0.2, 0.25) is 0 Å². The minimum Gasteiger partial charge on any atom is -0.380 e. The average Bonchev–Trinajstić information content (AvgIpc) is 2.70. The third kappa shape index (κ3) is 3.30. The molecule has 1 aliphatic rings. The normalized spacial score (nSPS) is 24.2. The summed E-state index contributed by atoms with van der Waals surface area (Å²) in [5, 5.41) is 3.62. The Kier molecular flexibility index (Phi) is 4.44. The minimum atomic E-state index is -3.00. The van der Waals surface area contributed by atoms with Crippen LogP contribution in [0.4, 0.5) is 5.69 Å². The largest absolute Gasteiger partial charge is 0.380 e. The zero-order chi connectivity index (χ0) is 13.3. The van der Waals surface area contributed by atoms with Gasteiger partial charge < -0.3 is 5.32 Å². The van der Waals surface area contributed by atoms with Crippen LogP contribution in [-0.4, -0.2) is 26.0 Å². The minimum absolute atomic E-state index is 0.0300. The zero-order valence-corrected chi connectivity index (χ0v) is 13.7. The second-order valence-corrected chi connectivity index (χ2v) is 8.59. The van der Waals surface area contributed by atoms with E-state index in [1.54, 1.807) is 0 Å². The lowest BCUT2D eigenvalue weighted by molar-refractivity contribution is 0.579. The van der Waals surface area contributed by atoms with Gasteiger partial charge in [0.05, 0.1) is 16.0 Å². The van der Waals surface area contributed by atoms with E-state index in [1.807, 2.05) is 18.2 Å². The highest BCUT2D eigenvalue weighted by atomic mass is 127. The molecule has 0 spiro atoms. The summed E-state index contributed by atoms with van der Waals surface area (Å²) in [5.41, 5.74) is 0.817. The number of halogens is 2. The summed E-state index contributed by atoms with van der Waals surface area (Å²) >= 11 is 8.35. The van der Waals surface area contributed by atoms with E-state index in [0.29, 0.717) is 5.02 Å². The Labute approximate surface area is 126 Å². The molecule has 100 valence electrons. The van der Waals surface area contributed by atoms with E-state index in [4.69, 9.17) is 11.6 Å². The van der Waals surface area contributed by atoms with Gasteiger partial charge in [0.1, 0.15) is 0 Å². The Morgan fingerprint density at radius 3 is 2.72 bits per heavy atom. The fraction of sp³-hybridized carbons (Fsp3) is 0.500. The van der Waals surface area contributed by atoms with Crippen LogP contribution in [0.15, 0.2) is 18.2 Å². The number of benzene rings is 1. The molecule has 1 N–H and O–H groups in total. The molecule has 1 aromatic carbocycles. The van der Waals surface area contributed by atoms with Crippen molar-refractivity contribution in [2.45, 2.75) is 30.6 Å². The predicted molar refractivity (Wildman–Crippen MR) is 84.1 cm³/mol. The molecule has 2 unspecified atom stereocenters. The number of sulfone groups is 1. The van der Waals surface area contributed by atoms with Gasteiger partial charge in [-0.1, -0.05) is 11.6 Å². The van der Waals surface area contributed by atoms with Crippen LogP contribution in [0.3, 0.4) is 0 Å². The van der Waals surface area contributed by atoms with Crippen molar-refractivity contribution in [3.63, 3.8) is 0 Å². The second-order valence-electron chi connectivity index (χ2n) is 4.67. The lowest BCUT2D eigenvalue weighted by Crippen LogP contribution is -2.34. The maximum Gasteiger partial charge on any atom is 0.152 e. The van der Waals surface area contributed by atoms with Crippen LogP contribution in [0.1, 0.15) is 19.3 Å². The molecule has 2 rings (SSSR count). The molecule has 18 heavy (non-hydrogen) atoms. The van der Waals surface area contributed by atoms with Gasteiger partial charge in [0.25, 0.3) is 0 Å². The molecular formula is C12H15ClINO2S. The van der Waals surface area contributed by atoms with E-state index in [9.17, 15) is 8.42 Å². The van der Waals surface area contributed by atoms with Crippen molar-refractivity contribution in [2.75, 3.05) is 11.6 Å². The van der Waals surface area contributed by atoms with Crippen LogP contribution in [0.5, 0.6) is 0 Å². The summed E-state index contributed by atoms with van der Waals surface area (Å²) in [6, 6.07) is 5.70. The second kappa shape index (κ2) is 5.54. The first-order valence-electron chi connectivity index (χ1n) is 5.78. The smallest absolute Gasteiger partial charge is 0.152 e. The first kappa shape index (κ1) is 14.4. The highest BCUT2D eigenvalue weighted by Crippen LogP contribution is 2.31.